The Labute approximate surface area is 266 Å². The van der Waals surface area contributed by atoms with Gasteiger partial charge in [0.2, 0.25) is 5.91 Å². The summed E-state index contributed by atoms with van der Waals surface area (Å²) in [7, 11) is 0. The second-order valence-electron chi connectivity index (χ2n) is 9.24. The molecule has 3 N–H and O–H groups in total. The van der Waals surface area contributed by atoms with Gasteiger partial charge in [-0.3, -0.25) is 14.4 Å². The number of thiazole rings is 1. The van der Waals surface area contributed by atoms with Gasteiger partial charge in [-0.25, -0.2) is 9.37 Å². The van der Waals surface area contributed by atoms with Crippen LogP contribution in [0.3, 0.4) is 0 Å². The topological polar surface area (TPSA) is 100 Å². The lowest BCUT2D eigenvalue weighted by Gasteiger charge is -2.12. The van der Waals surface area contributed by atoms with Crippen LogP contribution in [0, 0.1) is 5.82 Å². The molecule has 0 aliphatic rings. The first-order valence-electron chi connectivity index (χ1n) is 13.2. The molecule has 0 bridgehead atoms. The number of aromatic nitrogens is 1. The predicted molar refractivity (Wildman–Crippen MR) is 175 cm³/mol. The van der Waals surface area contributed by atoms with Crippen molar-refractivity contribution in [1.82, 2.24) is 10.3 Å². The third kappa shape index (κ3) is 8.19. The van der Waals surface area contributed by atoms with Gasteiger partial charge in [-0.15, -0.1) is 23.1 Å². The SMILES string of the molecule is O=C(CSc1cccc(NC(=O)/C(=C/c2ccccc2F)NC(=O)c2ccccc2)c1)Nc1nc(-c2ccccc2Cl)cs1. The number of amides is 3. The number of thioether (sulfide) groups is 1. The van der Waals surface area contributed by atoms with Crippen LogP contribution in [0.15, 0.2) is 119 Å². The Hall–Kier alpha value is -4.77. The summed E-state index contributed by atoms with van der Waals surface area (Å²) in [6.07, 6.45) is 1.28. The minimum atomic E-state index is -0.643. The lowest BCUT2D eigenvalue weighted by molar-refractivity contribution is -0.114. The van der Waals surface area contributed by atoms with Crippen LogP contribution in [-0.4, -0.2) is 28.5 Å². The fourth-order valence-corrected chi connectivity index (χ4v) is 5.69. The first-order valence-corrected chi connectivity index (χ1v) is 15.5. The first kappa shape index (κ1) is 30.7. The molecule has 0 radical (unpaired) electrons. The summed E-state index contributed by atoms with van der Waals surface area (Å²) in [4.78, 5) is 43.9. The van der Waals surface area contributed by atoms with Gasteiger partial charge in [-0.2, -0.15) is 0 Å². The van der Waals surface area contributed by atoms with Crippen molar-refractivity contribution in [3.05, 3.63) is 136 Å². The van der Waals surface area contributed by atoms with Gasteiger partial charge in [0.15, 0.2) is 5.13 Å². The van der Waals surface area contributed by atoms with E-state index in [-0.39, 0.29) is 22.9 Å². The molecular formula is C33H24ClFN4O3S2. The number of carbonyl (C=O) groups excluding carboxylic acids is 3. The number of carbonyl (C=O) groups is 3. The van der Waals surface area contributed by atoms with Crippen molar-refractivity contribution >= 4 is 69.3 Å². The molecule has 1 aromatic heterocycles. The van der Waals surface area contributed by atoms with E-state index in [4.69, 9.17) is 11.6 Å². The highest BCUT2D eigenvalue weighted by molar-refractivity contribution is 8.00. The highest BCUT2D eigenvalue weighted by Gasteiger charge is 2.17. The molecule has 5 rings (SSSR count). The maximum absolute atomic E-state index is 14.4. The fourth-order valence-electron chi connectivity index (χ4n) is 3.98. The summed E-state index contributed by atoms with van der Waals surface area (Å²) in [6.45, 7) is 0. The van der Waals surface area contributed by atoms with E-state index in [1.165, 1.54) is 47.4 Å². The second-order valence-corrected chi connectivity index (χ2v) is 11.6. The lowest BCUT2D eigenvalue weighted by atomic mass is 10.1. The van der Waals surface area contributed by atoms with E-state index in [0.29, 0.717) is 27.1 Å². The summed E-state index contributed by atoms with van der Waals surface area (Å²) in [5.74, 6) is -1.85. The predicted octanol–water partition coefficient (Wildman–Crippen LogP) is 7.74. The molecule has 0 unspecified atom stereocenters. The monoisotopic (exact) mass is 642 g/mol. The normalized spacial score (nSPS) is 11.1. The Morgan fingerprint density at radius 2 is 1.64 bits per heavy atom. The van der Waals surface area contributed by atoms with Crippen molar-refractivity contribution in [3.8, 4) is 11.3 Å². The maximum Gasteiger partial charge on any atom is 0.272 e. The van der Waals surface area contributed by atoms with E-state index in [0.717, 1.165) is 10.5 Å². The van der Waals surface area contributed by atoms with Crippen LogP contribution in [0.1, 0.15) is 15.9 Å². The van der Waals surface area contributed by atoms with E-state index < -0.39 is 17.6 Å². The van der Waals surface area contributed by atoms with E-state index in [1.807, 2.05) is 23.6 Å². The number of benzene rings is 4. The molecule has 0 aliphatic heterocycles. The fraction of sp³-hybridized carbons (Fsp3) is 0.0303. The smallest absolute Gasteiger partial charge is 0.272 e. The Morgan fingerprint density at radius 3 is 2.43 bits per heavy atom. The Morgan fingerprint density at radius 1 is 0.886 bits per heavy atom. The van der Waals surface area contributed by atoms with Gasteiger partial charge in [0.25, 0.3) is 11.8 Å². The Kier molecular flexibility index (Phi) is 10.2. The summed E-state index contributed by atoms with van der Waals surface area (Å²) >= 11 is 8.83. The summed E-state index contributed by atoms with van der Waals surface area (Å²) in [5, 5.41) is 11.0. The molecule has 11 heteroatoms. The van der Waals surface area contributed by atoms with Crippen LogP contribution in [0.25, 0.3) is 17.3 Å². The lowest BCUT2D eigenvalue weighted by Crippen LogP contribution is -2.30. The first-order chi connectivity index (χ1) is 21.4. The van der Waals surface area contributed by atoms with Gasteiger partial charge < -0.3 is 16.0 Å². The zero-order valence-electron chi connectivity index (χ0n) is 22.9. The average Bonchev–Trinajstić information content (AvgIpc) is 3.49. The number of nitrogens with one attached hydrogen (secondary N) is 3. The zero-order chi connectivity index (χ0) is 30.9. The van der Waals surface area contributed by atoms with Gasteiger partial charge in [-0.05, 0) is 48.5 Å². The summed E-state index contributed by atoms with van der Waals surface area (Å²) in [5.41, 5.74) is 2.23. The van der Waals surface area contributed by atoms with Crippen molar-refractivity contribution in [2.45, 2.75) is 4.90 Å². The molecule has 44 heavy (non-hydrogen) atoms. The van der Waals surface area contributed by atoms with E-state index in [9.17, 15) is 18.8 Å². The van der Waals surface area contributed by atoms with Crippen LogP contribution in [0.4, 0.5) is 15.2 Å². The third-order valence-electron chi connectivity index (χ3n) is 6.10. The highest BCUT2D eigenvalue weighted by atomic mass is 35.5. The number of halogens is 2. The van der Waals surface area contributed by atoms with Gasteiger partial charge >= 0.3 is 0 Å². The zero-order valence-corrected chi connectivity index (χ0v) is 25.3. The molecule has 1 heterocycles. The van der Waals surface area contributed by atoms with Crippen LogP contribution >= 0.6 is 34.7 Å². The molecule has 5 aromatic rings. The molecule has 0 spiro atoms. The van der Waals surface area contributed by atoms with E-state index >= 15 is 0 Å². The molecule has 7 nitrogen and oxygen atoms in total. The van der Waals surface area contributed by atoms with Crippen molar-refractivity contribution in [2.24, 2.45) is 0 Å². The van der Waals surface area contributed by atoms with Crippen molar-refractivity contribution < 1.29 is 18.8 Å². The third-order valence-corrected chi connectivity index (χ3v) is 8.18. The highest BCUT2D eigenvalue weighted by Crippen LogP contribution is 2.30. The number of anilines is 2. The number of nitrogens with zero attached hydrogens (tertiary/aromatic N) is 1. The van der Waals surface area contributed by atoms with Gasteiger partial charge in [0.1, 0.15) is 11.5 Å². The molecular weight excluding hydrogens is 619 g/mol. The molecule has 0 atom stereocenters. The maximum atomic E-state index is 14.4. The van der Waals surface area contributed by atoms with Crippen molar-refractivity contribution in [2.75, 3.05) is 16.4 Å². The Balaban J connectivity index is 1.23. The van der Waals surface area contributed by atoms with Crippen molar-refractivity contribution in [3.63, 3.8) is 0 Å². The standard InChI is InChI=1S/C33H24ClFN4O3S2/c34-26-15-6-5-14-25(26)29-19-44-33(38-29)39-30(40)20-43-24-13-8-12-23(18-24)36-32(42)28(17-22-11-4-7-16-27(22)35)37-31(41)21-9-2-1-3-10-21/h1-19H,20H2,(H,36,42)(H,37,41)(H,38,39,40)/b28-17-. The molecule has 0 saturated carbocycles. The molecule has 0 aliphatic carbocycles. The van der Waals surface area contributed by atoms with Crippen LogP contribution < -0.4 is 16.0 Å². The van der Waals surface area contributed by atoms with Crippen LogP contribution in [0.2, 0.25) is 5.02 Å². The largest absolute Gasteiger partial charge is 0.321 e. The molecule has 0 fully saturated rings. The van der Waals surface area contributed by atoms with Crippen LogP contribution in [-0.2, 0) is 9.59 Å². The van der Waals surface area contributed by atoms with Crippen molar-refractivity contribution in [1.29, 1.82) is 0 Å². The second kappa shape index (κ2) is 14.6. The van der Waals surface area contributed by atoms with E-state index in [1.54, 1.807) is 66.7 Å². The molecule has 220 valence electrons. The van der Waals surface area contributed by atoms with Gasteiger partial charge in [0, 0.05) is 37.7 Å². The summed E-state index contributed by atoms with van der Waals surface area (Å²) in [6, 6.07) is 28.6. The van der Waals surface area contributed by atoms with Crippen LogP contribution in [0.5, 0.6) is 0 Å². The number of hydrogen-bond donors (Lipinski definition) is 3. The molecule has 4 aromatic carbocycles. The molecule has 0 saturated heterocycles. The summed E-state index contributed by atoms with van der Waals surface area (Å²) < 4.78 is 14.4. The number of hydrogen-bond acceptors (Lipinski definition) is 6. The Bertz CT molecular complexity index is 1850. The quantitative estimate of drug-likeness (QED) is 0.107. The number of rotatable bonds is 10. The minimum Gasteiger partial charge on any atom is -0.321 e. The molecule has 3 amide bonds. The average molecular weight is 643 g/mol. The van der Waals surface area contributed by atoms with Gasteiger partial charge in [0.05, 0.1) is 11.4 Å². The van der Waals surface area contributed by atoms with Gasteiger partial charge in [-0.1, -0.05) is 72.3 Å². The van der Waals surface area contributed by atoms with E-state index in [2.05, 4.69) is 20.9 Å². The minimum absolute atomic E-state index is 0.101.